The summed E-state index contributed by atoms with van der Waals surface area (Å²) in [5, 5.41) is 2.99. The number of furan rings is 1. The van der Waals surface area contributed by atoms with Gasteiger partial charge < -0.3 is 24.1 Å². The van der Waals surface area contributed by atoms with Crippen molar-refractivity contribution >= 4 is 29.1 Å². The van der Waals surface area contributed by atoms with Gasteiger partial charge in [-0.2, -0.15) is 0 Å². The van der Waals surface area contributed by atoms with Crippen LogP contribution >= 0.6 is 11.6 Å². The zero-order valence-corrected chi connectivity index (χ0v) is 20.9. The molecule has 1 saturated heterocycles. The van der Waals surface area contributed by atoms with Crippen LogP contribution in [0.15, 0.2) is 59.0 Å². The number of anilines is 1. The Hall–Kier alpha value is -3.45. The van der Waals surface area contributed by atoms with Gasteiger partial charge >= 0.3 is 0 Å². The van der Waals surface area contributed by atoms with Crippen molar-refractivity contribution in [1.29, 1.82) is 0 Å². The largest absolute Gasteiger partial charge is 0.493 e. The van der Waals surface area contributed by atoms with Crippen LogP contribution in [0.25, 0.3) is 0 Å². The number of piperidine rings is 1. The molecule has 3 aromatic rings. The van der Waals surface area contributed by atoms with Gasteiger partial charge in [-0.1, -0.05) is 12.1 Å². The van der Waals surface area contributed by atoms with Crippen molar-refractivity contribution in [1.82, 2.24) is 4.90 Å². The lowest BCUT2D eigenvalue weighted by molar-refractivity contribution is 0.0712. The third-order valence-electron chi connectivity index (χ3n) is 6.80. The predicted molar refractivity (Wildman–Crippen MR) is 137 cm³/mol. The van der Waals surface area contributed by atoms with Crippen LogP contribution in [0.1, 0.15) is 58.1 Å². The molecule has 188 valence electrons. The van der Waals surface area contributed by atoms with Crippen LogP contribution in [0.4, 0.5) is 5.69 Å². The smallest absolute Gasteiger partial charge is 0.291 e. The van der Waals surface area contributed by atoms with Crippen molar-refractivity contribution in [2.24, 2.45) is 5.92 Å². The third-order valence-corrected chi connectivity index (χ3v) is 7.00. The van der Waals surface area contributed by atoms with E-state index in [1.165, 1.54) is 30.5 Å². The Labute approximate surface area is 215 Å². The zero-order chi connectivity index (χ0) is 25.1. The average molecular weight is 509 g/mol. The molecule has 2 amide bonds. The van der Waals surface area contributed by atoms with Crippen molar-refractivity contribution in [2.45, 2.75) is 31.6 Å². The number of benzene rings is 2. The molecule has 0 unspecified atom stereocenters. The normalized spacial score (nSPS) is 16.0. The molecule has 2 heterocycles. The fraction of sp³-hybridized carbons (Fsp3) is 0.357. The predicted octanol–water partition coefficient (Wildman–Crippen LogP) is 6.00. The summed E-state index contributed by atoms with van der Waals surface area (Å²) in [5.41, 5.74) is 2.50. The summed E-state index contributed by atoms with van der Waals surface area (Å²) in [6.07, 6.45) is 4.16. The van der Waals surface area contributed by atoms with Crippen molar-refractivity contribution in [3.8, 4) is 11.5 Å². The summed E-state index contributed by atoms with van der Waals surface area (Å²) in [4.78, 5) is 27.3. The third kappa shape index (κ3) is 5.68. The zero-order valence-electron chi connectivity index (χ0n) is 20.2. The van der Waals surface area contributed by atoms with Gasteiger partial charge in [0.25, 0.3) is 11.8 Å². The van der Waals surface area contributed by atoms with E-state index in [-0.39, 0.29) is 22.8 Å². The fourth-order valence-corrected chi connectivity index (χ4v) is 4.63. The van der Waals surface area contributed by atoms with Gasteiger partial charge in [-0.05, 0) is 97.1 Å². The van der Waals surface area contributed by atoms with Crippen LogP contribution in [0.3, 0.4) is 0 Å². The molecule has 1 aliphatic carbocycles. The highest BCUT2D eigenvalue weighted by Crippen LogP contribution is 2.34. The maximum atomic E-state index is 13.2. The summed E-state index contributed by atoms with van der Waals surface area (Å²) in [6, 6.07) is 16.3. The molecular formula is C28H29ClN2O5. The van der Waals surface area contributed by atoms with Gasteiger partial charge in [0.15, 0.2) is 22.5 Å². The average Bonchev–Trinajstić information content (AvgIpc) is 3.64. The number of nitrogens with one attached hydrogen (secondary N) is 1. The van der Waals surface area contributed by atoms with Gasteiger partial charge in [-0.25, -0.2) is 0 Å². The SMILES string of the molecule is COc1ccc(C(=O)N2CCC(c3ccc(NC(=O)c4ccc(Cl)o4)cc3)CC2)cc1OCC1CC1. The van der Waals surface area contributed by atoms with Crippen molar-refractivity contribution in [3.63, 3.8) is 0 Å². The Balaban J connectivity index is 1.16. The van der Waals surface area contributed by atoms with E-state index in [0.29, 0.717) is 54.3 Å². The van der Waals surface area contributed by atoms with Crippen molar-refractivity contribution in [3.05, 3.63) is 76.7 Å². The highest BCUT2D eigenvalue weighted by molar-refractivity contribution is 6.29. The molecular weight excluding hydrogens is 480 g/mol. The number of carbonyl (C=O) groups excluding carboxylic acids is 2. The van der Waals surface area contributed by atoms with Crippen molar-refractivity contribution in [2.75, 3.05) is 32.1 Å². The number of methoxy groups -OCH3 is 1. The minimum atomic E-state index is -0.346. The number of amides is 2. The van der Waals surface area contributed by atoms with E-state index in [2.05, 4.69) is 5.32 Å². The quantitative estimate of drug-likeness (QED) is 0.403. The molecule has 0 spiro atoms. The number of likely N-dealkylation sites (tertiary alicyclic amines) is 1. The maximum Gasteiger partial charge on any atom is 0.291 e. The minimum Gasteiger partial charge on any atom is -0.493 e. The Morgan fingerprint density at radius 1 is 1.00 bits per heavy atom. The summed E-state index contributed by atoms with van der Waals surface area (Å²) in [6.45, 7) is 2.04. The van der Waals surface area contributed by atoms with Crippen LogP contribution in [-0.4, -0.2) is 43.5 Å². The van der Waals surface area contributed by atoms with E-state index >= 15 is 0 Å². The minimum absolute atomic E-state index is 0.0171. The van der Waals surface area contributed by atoms with Crippen LogP contribution < -0.4 is 14.8 Å². The molecule has 0 radical (unpaired) electrons. The first-order chi connectivity index (χ1) is 17.5. The van der Waals surface area contributed by atoms with E-state index in [9.17, 15) is 9.59 Å². The lowest BCUT2D eigenvalue weighted by Gasteiger charge is -2.32. The van der Waals surface area contributed by atoms with E-state index in [1.54, 1.807) is 19.2 Å². The van der Waals surface area contributed by atoms with E-state index < -0.39 is 0 Å². The number of hydrogen-bond acceptors (Lipinski definition) is 5. The topological polar surface area (TPSA) is 81.0 Å². The summed E-state index contributed by atoms with van der Waals surface area (Å²) < 4.78 is 16.5. The lowest BCUT2D eigenvalue weighted by Crippen LogP contribution is -2.37. The van der Waals surface area contributed by atoms with E-state index in [4.69, 9.17) is 25.5 Å². The fourth-order valence-electron chi connectivity index (χ4n) is 4.48. The number of halogens is 1. The molecule has 2 fully saturated rings. The van der Waals surface area contributed by atoms with Gasteiger partial charge in [0.05, 0.1) is 13.7 Å². The Morgan fingerprint density at radius 3 is 2.39 bits per heavy atom. The van der Waals surface area contributed by atoms with Crippen molar-refractivity contribution < 1.29 is 23.5 Å². The molecule has 5 rings (SSSR count). The van der Waals surface area contributed by atoms with Crippen LogP contribution in [0.5, 0.6) is 11.5 Å². The Morgan fingerprint density at radius 2 is 1.75 bits per heavy atom. The van der Waals surface area contributed by atoms with Gasteiger partial charge in [0.1, 0.15) is 0 Å². The standard InChI is InChI=1S/C28H29ClN2O5/c1-34-23-9-6-21(16-25(23)35-17-18-2-3-18)28(33)31-14-12-20(13-15-31)19-4-7-22(8-5-19)30-27(32)24-10-11-26(29)36-24/h4-11,16,18,20H,2-3,12-15,17H2,1H3,(H,30,32). The van der Waals surface area contributed by atoms with Crippen LogP contribution in [0.2, 0.25) is 5.22 Å². The number of hydrogen-bond donors (Lipinski definition) is 1. The molecule has 1 saturated carbocycles. The number of nitrogens with zero attached hydrogens (tertiary/aromatic N) is 1. The number of rotatable bonds is 8. The molecule has 7 nitrogen and oxygen atoms in total. The summed E-state index contributed by atoms with van der Waals surface area (Å²) in [5.74, 6) is 2.10. The molecule has 1 aromatic heterocycles. The highest BCUT2D eigenvalue weighted by Gasteiger charge is 2.26. The Bertz CT molecular complexity index is 1230. The molecule has 0 atom stereocenters. The van der Waals surface area contributed by atoms with Gasteiger partial charge in [-0.3, -0.25) is 9.59 Å². The van der Waals surface area contributed by atoms with E-state index in [0.717, 1.165) is 12.8 Å². The Kier molecular flexibility index (Phi) is 7.18. The van der Waals surface area contributed by atoms with Gasteiger partial charge in [0, 0.05) is 24.3 Å². The van der Waals surface area contributed by atoms with Crippen LogP contribution in [-0.2, 0) is 0 Å². The van der Waals surface area contributed by atoms with Crippen LogP contribution in [0, 0.1) is 5.92 Å². The number of ether oxygens (including phenoxy) is 2. The summed E-state index contributed by atoms with van der Waals surface area (Å²) in [7, 11) is 1.61. The number of carbonyl (C=O) groups is 2. The molecule has 8 heteroatoms. The maximum absolute atomic E-state index is 13.2. The monoisotopic (exact) mass is 508 g/mol. The second-order valence-electron chi connectivity index (χ2n) is 9.37. The van der Waals surface area contributed by atoms with E-state index in [1.807, 2.05) is 35.2 Å². The molecule has 2 aliphatic rings. The molecule has 0 bridgehead atoms. The highest BCUT2D eigenvalue weighted by atomic mass is 35.5. The molecule has 1 aliphatic heterocycles. The molecule has 1 N–H and O–H groups in total. The summed E-state index contributed by atoms with van der Waals surface area (Å²) >= 11 is 5.74. The molecule has 36 heavy (non-hydrogen) atoms. The van der Waals surface area contributed by atoms with Gasteiger partial charge in [0.2, 0.25) is 0 Å². The first-order valence-corrected chi connectivity index (χ1v) is 12.6. The second kappa shape index (κ2) is 10.7. The molecule has 2 aromatic carbocycles. The van der Waals surface area contributed by atoms with Gasteiger partial charge in [-0.15, -0.1) is 0 Å². The lowest BCUT2D eigenvalue weighted by atomic mass is 9.89. The second-order valence-corrected chi connectivity index (χ2v) is 9.74. The first-order valence-electron chi connectivity index (χ1n) is 12.3. The first kappa shape index (κ1) is 24.3.